The zero-order valence-electron chi connectivity index (χ0n) is 14.9. The SMILES string of the molecule is CCC1(C(=O)O)CC[N+](C(=O)O)(C(C)(C)C)CCC1OS(C)(=O)=O. The van der Waals surface area contributed by atoms with Crippen molar-refractivity contribution in [3.8, 4) is 0 Å². The first-order valence-corrected chi connectivity index (χ1v) is 9.76. The van der Waals surface area contributed by atoms with Crippen molar-refractivity contribution in [3.63, 3.8) is 0 Å². The number of carboxylic acid groups (broad SMARTS) is 2. The highest BCUT2D eigenvalue weighted by molar-refractivity contribution is 7.86. The minimum absolute atomic E-state index is 0.0303. The summed E-state index contributed by atoms with van der Waals surface area (Å²) in [6, 6.07) is 0. The summed E-state index contributed by atoms with van der Waals surface area (Å²) >= 11 is 0. The zero-order chi connectivity index (χ0) is 19.0. The fraction of sp³-hybridized carbons (Fsp3) is 0.867. The van der Waals surface area contributed by atoms with Crippen molar-refractivity contribution in [1.29, 1.82) is 0 Å². The molecule has 3 unspecified atom stereocenters. The number of nitrogens with zero attached hydrogens (tertiary/aromatic N) is 1. The first-order chi connectivity index (χ1) is 10.7. The molecule has 8 nitrogen and oxygen atoms in total. The normalized spacial score (nSPS) is 32.1. The van der Waals surface area contributed by atoms with Crippen molar-refractivity contribution in [1.82, 2.24) is 0 Å². The number of carboxylic acids is 1. The van der Waals surface area contributed by atoms with Gasteiger partial charge >= 0.3 is 12.1 Å². The summed E-state index contributed by atoms with van der Waals surface area (Å²) in [6.45, 7) is 7.22. The summed E-state index contributed by atoms with van der Waals surface area (Å²) in [5.41, 5.74) is -2.09. The summed E-state index contributed by atoms with van der Waals surface area (Å²) < 4.78 is 28.0. The predicted octanol–water partition coefficient (Wildman–Crippen LogP) is 1.90. The molecule has 0 bridgehead atoms. The minimum Gasteiger partial charge on any atom is -0.481 e. The van der Waals surface area contributed by atoms with Crippen LogP contribution in [0.2, 0.25) is 0 Å². The molecule has 24 heavy (non-hydrogen) atoms. The lowest BCUT2D eigenvalue weighted by Gasteiger charge is -2.43. The molecular weight excluding hydrogens is 338 g/mol. The monoisotopic (exact) mass is 366 g/mol. The highest BCUT2D eigenvalue weighted by atomic mass is 32.2. The molecule has 3 atom stereocenters. The number of hydrogen-bond acceptors (Lipinski definition) is 5. The molecule has 0 saturated carbocycles. The van der Waals surface area contributed by atoms with Gasteiger partial charge in [-0.1, -0.05) is 6.92 Å². The van der Waals surface area contributed by atoms with Crippen LogP contribution in [0.1, 0.15) is 47.0 Å². The fourth-order valence-electron chi connectivity index (χ4n) is 3.58. The Kier molecular flexibility index (Phi) is 5.74. The van der Waals surface area contributed by atoms with Crippen LogP contribution >= 0.6 is 0 Å². The number of aliphatic carboxylic acids is 1. The maximum atomic E-state index is 12.0. The van der Waals surface area contributed by atoms with Crippen LogP contribution in [0, 0.1) is 5.41 Å². The second kappa shape index (κ2) is 6.61. The Morgan fingerprint density at radius 1 is 1.25 bits per heavy atom. The predicted molar refractivity (Wildman–Crippen MR) is 87.1 cm³/mol. The third-order valence-electron chi connectivity index (χ3n) is 5.33. The topological polar surface area (TPSA) is 118 Å². The van der Waals surface area contributed by atoms with Crippen molar-refractivity contribution < 1.29 is 36.9 Å². The van der Waals surface area contributed by atoms with Crippen LogP contribution < -0.4 is 0 Å². The molecule has 140 valence electrons. The van der Waals surface area contributed by atoms with E-state index in [4.69, 9.17) is 4.18 Å². The minimum atomic E-state index is -3.87. The third-order valence-corrected chi connectivity index (χ3v) is 5.91. The first kappa shape index (κ1) is 20.9. The zero-order valence-corrected chi connectivity index (χ0v) is 15.7. The van der Waals surface area contributed by atoms with E-state index in [0.29, 0.717) is 0 Å². The van der Waals surface area contributed by atoms with Crippen molar-refractivity contribution in [2.75, 3.05) is 19.3 Å². The summed E-state index contributed by atoms with van der Waals surface area (Å²) in [5.74, 6) is -1.15. The number of quaternary nitrogens is 1. The van der Waals surface area contributed by atoms with E-state index >= 15 is 0 Å². The summed E-state index contributed by atoms with van der Waals surface area (Å²) in [6.07, 6.45) is -1.02. The molecule has 0 aliphatic carbocycles. The number of likely N-dealkylation sites (tertiary alicyclic amines) is 1. The van der Waals surface area contributed by atoms with Crippen LogP contribution in [0.15, 0.2) is 0 Å². The molecule has 1 fully saturated rings. The van der Waals surface area contributed by atoms with E-state index in [2.05, 4.69) is 0 Å². The molecule has 1 aliphatic rings. The van der Waals surface area contributed by atoms with Crippen molar-refractivity contribution >= 4 is 22.2 Å². The Morgan fingerprint density at radius 2 is 1.79 bits per heavy atom. The van der Waals surface area contributed by atoms with Gasteiger partial charge in [0.1, 0.15) is 11.0 Å². The van der Waals surface area contributed by atoms with E-state index in [1.165, 1.54) is 0 Å². The van der Waals surface area contributed by atoms with Gasteiger partial charge in [-0.25, -0.2) is 4.48 Å². The van der Waals surface area contributed by atoms with Crippen molar-refractivity contribution in [2.24, 2.45) is 5.41 Å². The van der Waals surface area contributed by atoms with Gasteiger partial charge in [0.15, 0.2) is 0 Å². The average Bonchev–Trinajstić information content (AvgIpc) is 2.54. The third kappa shape index (κ3) is 3.73. The first-order valence-electron chi connectivity index (χ1n) is 7.94. The number of carbonyl (C=O) groups is 2. The maximum absolute atomic E-state index is 12.0. The number of rotatable bonds is 4. The van der Waals surface area contributed by atoms with Crippen LogP contribution in [-0.4, -0.2) is 66.2 Å². The molecule has 1 aliphatic heterocycles. The van der Waals surface area contributed by atoms with Gasteiger partial charge in [0.2, 0.25) is 0 Å². The van der Waals surface area contributed by atoms with Gasteiger partial charge in [-0.05, 0) is 27.2 Å². The van der Waals surface area contributed by atoms with E-state index in [1.807, 2.05) is 0 Å². The van der Waals surface area contributed by atoms with Gasteiger partial charge in [0, 0.05) is 12.8 Å². The van der Waals surface area contributed by atoms with Gasteiger partial charge in [0.05, 0.1) is 25.4 Å². The smallest absolute Gasteiger partial charge is 0.481 e. The van der Waals surface area contributed by atoms with Crippen LogP contribution in [-0.2, 0) is 19.1 Å². The summed E-state index contributed by atoms with van der Waals surface area (Å²) in [5, 5.41) is 19.6. The van der Waals surface area contributed by atoms with E-state index in [0.717, 1.165) is 6.26 Å². The quantitative estimate of drug-likeness (QED) is 0.576. The Morgan fingerprint density at radius 3 is 2.12 bits per heavy atom. The lowest BCUT2D eigenvalue weighted by molar-refractivity contribution is -0.903. The highest BCUT2D eigenvalue weighted by Gasteiger charge is 2.57. The van der Waals surface area contributed by atoms with Crippen LogP contribution in [0.3, 0.4) is 0 Å². The van der Waals surface area contributed by atoms with Crippen LogP contribution in [0.5, 0.6) is 0 Å². The lowest BCUT2D eigenvalue weighted by atomic mass is 9.76. The van der Waals surface area contributed by atoms with Gasteiger partial charge < -0.3 is 10.2 Å². The Hall–Kier alpha value is -1.19. The molecule has 9 heteroatoms. The van der Waals surface area contributed by atoms with Gasteiger partial charge in [-0.15, -0.1) is 0 Å². The Bertz CT molecular complexity index is 610. The number of hydrogen-bond donors (Lipinski definition) is 2. The molecular formula is C15H28NO7S+. The molecule has 0 aromatic carbocycles. The second-order valence-corrected chi connectivity index (χ2v) is 9.11. The van der Waals surface area contributed by atoms with Crippen LogP contribution in [0.25, 0.3) is 0 Å². The molecule has 1 rings (SSSR count). The highest BCUT2D eigenvalue weighted by Crippen LogP contribution is 2.42. The van der Waals surface area contributed by atoms with Gasteiger partial charge in [-0.3, -0.25) is 8.98 Å². The van der Waals surface area contributed by atoms with Crippen LogP contribution in [0.4, 0.5) is 4.79 Å². The maximum Gasteiger partial charge on any atom is 0.513 e. The Labute approximate surface area is 143 Å². The largest absolute Gasteiger partial charge is 0.513 e. The second-order valence-electron chi connectivity index (χ2n) is 7.51. The van der Waals surface area contributed by atoms with Crippen molar-refractivity contribution in [3.05, 3.63) is 0 Å². The van der Waals surface area contributed by atoms with Crippen molar-refractivity contribution in [2.45, 2.75) is 58.6 Å². The molecule has 2 N–H and O–H groups in total. The van der Waals surface area contributed by atoms with E-state index in [9.17, 15) is 28.2 Å². The number of amides is 1. The Balaban J connectivity index is 3.42. The van der Waals surface area contributed by atoms with E-state index in [1.54, 1.807) is 27.7 Å². The fourth-order valence-corrected chi connectivity index (χ4v) is 4.28. The van der Waals surface area contributed by atoms with Gasteiger partial charge in [-0.2, -0.15) is 13.2 Å². The molecule has 0 aromatic rings. The molecule has 1 saturated heterocycles. The van der Waals surface area contributed by atoms with E-state index in [-0.39, 0.29) is 36.8 Å². The molecule has 0 radical (unpaired) electrons. The average molecular weight is 366 g/mol. The molecule has 1 heterocycles. The van der Waals surface area contributed by atoms with E-state index < -0.39 is 39.2 Å². The molecule has 0 spiro atoms. The lowest BCUT2D eigenvalue weighted by Crippen LogP contribution is -2.63. The van der Waals surface area contributed by atoms with Gasteiger partial charge in [0.25, 0.3) is 10.1 Å². The molecule has 1 amide bonds. The standard InChI is InChI=1S/C15H27NO7S/c1-6-15(12(17)18)8-10-16(13(19)20,14(2,3)4)9-7-11(15)23-24(5,21)22/h11H,6-10H2,1-5H3,(H-,17,18,19,20)/p+1. The summed E-state index contributed by atoms with van der Waals surface area (Å²) in [7, 11) is -3.87. The summed E-state index contributed by atoms with van der Waals surface area (Å²) in [4.78, 5) is 24.0. The molecule has 0 aromatic heterocycles.